The number of hydrogen-bond donors (Lipinski definition) is 1. The topological polar surface area (TPSA) is 99.6 Å². The van der Waals surface area contributed by atoms with Gasteiger partial charge in [0, 0.05) is 11.1 Å². The Morgan fingerprint density at radius 1 is 1.03 bits per heavy atom. The van der Waals surface area contributed by atoms with Gasteiger partial charge in [0.1, 0.15) is 5.03 Å². The number of ether oxygens (including phenoxy) is 3. The van der Waals surface area contributed by atoms with Crippen LogP contribution in [-0.2, 0) is 9.53 Å². The molecule has 1 aromatic heterocycles. The van der Waals surface area contributed by atoms with E-state index in [1.165, 1.54) is 18.9 Å². The molecule has 2 aromatic carbocycles. The van der Waals surface area contributed by atoms with E-state index in [1.807, 2.05) is 6.07 Å². The van der Waals surface area contributed by atoms with Gasteiger partial charge in [0.25, 0.3) is 0 Å². The minimum Gasteiger partial charge on any atom is -0.493 e. The van der Waals surface area contributed by atoms with Gasteiger partial charge in [-0.3, -0.25) is 4.79 Å². The maximum absolute atomic E-state index is 12.3. The lowest BCUT2D eigenvalue weighted by Gasteiger charge is -2.12. The van der Waals surface area contributed by atoms with Crippen molar-refractivity contribution in [2.24, 2.45) is 0 Å². The highest BCUT2D eigenvalue weighted by Gasteiger charge is 2.16. The lowest BCUT2D eigenvalue weighted by Crippen LogP contribution is -2.14. The Hall–Kier alpha value is -3.33. The Balaban J connectivity index is 1.73. The molecule has 0 aliphatic rings. The van der Waals surface area contributed by atoms with Gasteiger partial charge in [-0.05, 0) is 36.4 Å². The molecule has 150 valence electrons. The lowest BCUT2D eigenvalue weighted by molar-refractivity contribution is -0.113. The van der Waals surface area contributed by atoms with E-state index in [-0.39, 0.29) is 11.7 Å². The monoisotopic (exact) mass is 413 g/mol. The Morgan fingerprint density at radius 3 is 2.45 bits per heavy atom. The molecule has 9 heteroatoms. The van der Waals surface area contributed by atoms with E-state index in [0.717, 1.165) is 10.8 Å². The van der Waals surface area contributed by atoms with Crippen molar-refractivity contribution in [1.29, 1.82) is 0 Å². The number of thioether (sulfide) groups is 1. The summed E-state index contributed by atoms with van der Waals surface area (Å²) in [5.41, 5.74) is 0.985. The van der Waals surface area contributed by atoms with Gasteiger partial charge in [0.2, 0.25) is 5.91 Å². The molecule has 8 nitrogen and oxygen atoms in total. The molecule has 0 bridgehead atoms. The molecule has 3 aromatic rings. The molecule has 0 fully saturated rings. The summed E-state index contributed by atoms with van der Waals surface area (Å²) in [6, 6.07) is 10.1. The van der Waals surface area contributed by atoms with Crippen LogP contribution in [0.5, 0.6) is 11.5 Å². The van der Waals surface area contributed by atoms with Crippen molar-refractivity contribution < 1.29 is 23.8 Å². The molecule has 0 aliphatic carbocycles. The van der Waals surface area contributed by atoms with Gasteiger partial charge in [0.05, 0.1) is 44.2 Å². The summed E-state index contributed by atoms with van der Waals surface area (Å²) < 4.78 is 15.5. The first-order valence-electron chi connectivity index (χ1n) is 8.54. The lowest BCUT2D eigenvalue weighted by atomic mass is 10.2. The Kier molecular flexibility index (Phi) is 6.50. The van der Waals surface area contributed by atoms with Crippen molar-refractivity contribution in [3.8, 4) is 11.5 Å². The van der Waals surface area contributed by atoms with Gasteiger partial charge >= 0.3 is 5.97 Å². The molecule has 0 atom stereocenters. The van der Waals surface area contributed by atoms with Crippen LogP contribution in [0.1, 0.15) is 10.4 Å². The second kappa shape index (κ2) is 9.24. The second-order valence-corrected chi connectivity index (χ2v) is 6.78. The average molecular weight is 413 g/mol. The summed E-state index contributed by atoms with van der Waals surface area (Å²) in [4.78, 5) is 23.8. The molecule has 1 N–H and O–H groups in total. The maximum Gasteiger partial charge on any atom is 0.337 e. The van der Waals surface area contributed by atoms with E-state index >= 15 is 0 Å². The quantitative estimate of drug-likeness (QED) is 0.466. The Labute approximate surface area is 171 Å². The summed E-state index contributed by atoms with van der Waals surface area (Å²) in [5, 5.41) is 13.1. The highest BCUT2D eigenvalue weighted by atomic mass is 32.2. The number of esters is 1. The number of carbonyl (C=O) groups is 2. The van der Waals surface area contributed by atoms with Gasteiger partial charge in [-0.1, -0.05) is 11.8 Å². The SMILES string of the molecule is COC(=O)c1ccc(NC(=O)CSc2nncc3ccc(OC)c(OC)c23)cc1. The first-order valence-corrected chi connectivity index (χ1v) is 9.53. The summed E-state index contributed by atoms with van der Waals surface area (Å²) >= 11 is 1.24. The van der Waals surface area contributed by atoms with Crippen LogP contribution in [0.4, 0.5) is 5.69 Å². The molecule has 1 amide bonds. The third kappa shape index (κ3) is 4.57. The molecule has 0 saturated heterocycles. The predicted molar refractivity (Wildman–Crippen MR) is 110 cm³/mol. The van der Waals surface area contributed by atoms with Crippen LogP contribution in [-0.4, -0.2) is 49.2 Å². The zero-order valence-corrected chi connectivity index (χ0v) is 16.9. The largest absolute Gasteiger partial charge is 0.493 e. The molecule has 0 aliphatic heterocycles. The fraction of sp³-hybridized carbons (Fsp3) is 0.200. The number of nitrogens with zero attached hydrogens (tertiary/aromatic N) is 2. The van der Waals surface area contributed by atoms with Crippen LogP contribution < -0.4 is 14.8 Å². The molecular weight excluding hydrogens is 394 g/mol. The number of rotatable bonds is 7. The number of nitrogens with one attached hydrogen (secondary N) is 1. The molecule has 0 spiro atoms. The Morgan fingerprint density at radius 2 is 1.79 bits per heavy atom. The molecular formula is C20H19N3O5S. The van der Waals surface area contributed by atoms with E-state index in [1.54, 1.807) is 50.7 Å². The zero-order chi connectivity index (χ0) is 20.8. The number of benzene rings is 2. The minimum absolute atomic E-state index is 0.118. The van der Waals surface area contributed by atoms with Gasteiger partial charge in [-0.15, -0.1) is 5.10 Å². The summed E-state index contributed by atoms with van der Waals surface area (Å²) in [6.07, 6.45) is 1.63. The van der Waals surface area contributed by atoms with Crippen molar-refractivity contribution in [2.75, 3.05) is 32.4 Å². The van der Waals surface area contributed by atoms with Gasteiger partial charge in [-0.2, -0.15) is 5.10 Å². The highest BCUT2D eigenvalue weighted by molar-refractivity contribution is 8.00. The third-order valence-electron chi connectivity index (χ3n) is 4.07. The molecule has 0 unspecified atom stereocenters. The highest BCUT2D eigenvalue weighted by Crippen LogP contribution is 2.39. The van der Waals surface area contributed by atoms with E-state index in [4.69, 9.17) is 9.47 Å². The number of methoxy groups -OCH3 is 3. The first-order chi connectivity index (χ1) is 14.1. The molecule has 29 heavy (non-hydrogen) atoms. The van der Waals surface area contributed by atoms with Crippen LogP contribution in [0.15, 0.2) is 47.6 Å². The van der Waals surface area contributed by atoms with Crippen LogP contribution >= 0.6 is 11.8 Å². The van der Waals surface area contributed by atoms with E-state index in [9.17, 15) is 9.59 Å². The van der Waals surface area contributed by atoms with Crippen LogP contribution in [0.2, 0.25) is 0 Å². The molecule has 0 saturated carbocycles. The third-order valence-corrected chi connectivity index (χ3v) is 5.03. The number of hydrogen-bond acceptors (Lipinski definition) is 8. The van der Waals surface area contributed by atoms with Gasteiger partial charge < -0.3 is 19.5 Å². The summed E-state index contributed by atoms with van der Waals surface area (Å²) in [6.45, 7) is 0. The number of amides is 1. The van der Waals surface area contributed by atoms with E-state index in [0.29, 0.717) is 27.8 Å². The van der Waals surface area contributed by atoms with Crippen molar-refractivity contribution in [2.45, 2.75) is 5.03 Å². The predicted octanol–water partition coefficient (Wildman–Crippen LogP) is 3.16. The number of aromatic nitrogens is 2. The smallest absolute Gasteiger partial charge is 0.337 e. The maximum atomic E-state index is 12.3. The van der Waals surface area contributed by atoms with Crippen molar-refractivity contribution in [3.05, 3.63) is 48.2 Å². The molecule has 3 rings (SSSR count). The summed E-state index contributed by atoms with van der Waals surface area (Å²) in [7, 11) is 4.43. The Bertz CT molecular complexity index is 1040. The molecule has 1 heterocycles. The second-order valence-electron chi connectivity index (χ2n) is 5.82. The fourth-order valence-corrected chi connectivity index (χ4v) is 3.50. The number of carbonyl (C=O) groups excluding carboxylic acids is 2. The van der Waals surface area contributed by atoms with Gasteiger partial charge in [0.15, 0.2) is 11.5 Å². The van der Waals surface area contributed by atoms with Crippen molar-refractivity contribution in [1.82, 2.24) is 10.2 Å². The zero-order valence-electron chi connectivity index (χ0n) is 16.1. The van der Waals surface area contributed by atoms with Gasteiger partial charge in [-0.25, -0.2) is 4.79 Å². The van der Waals surface area contributed by atoms with Crippen LogP contribution in [0.3, 0.4) is 0 Å². The number of anilines is 1. The van der Waals surface area contributed by atoms with E-state index in [2.05, 4.69) is 20.3 Å². The minimum atomic E-state index is -0.433. The number of fused-ring (bicyclic) bond motifs is 1. The van der Waals surface area contributed by atoms with Crippen molar-refractivity contribution >= 4 is 40.1 Å². The van der Waals surface area contributed by atoms with E-state index < -0.39 is 5.97 Å². The van der Waals surface area contributed by atoms with Crippen molar-refractivity contribution in [3.63, 3.8) is 0 Å². The normalized spacial score (nSPS) is 10.4. The van der Waals surface area contributed by atoms with Crippen LogP contribution in [0, 0.1) is 0 Å². The fourth-order valence-electron chi connectivity index (χ4n) is 2.70. The summed E-state index contributed by atoms with van der Waals surface area (Å²) in [5.74, 6) is 0.581. The standard InChI is InChI=1S/C20H19N3O5S/c1-26-15-9-6-13-10-21-23-19(17(13)18(15)27-2)29-11-16(24)22-14-7-4-12(5-8-14)20(25)28-3/h4-10H,11H2,1-3H3,(H,22,24). The molecule has 0 radical (unpaired) electrons. The first kappa shape index (κ1) is 20.4. The average Bonchev–Trinajstić information content (AvgIpc) is 2.76. The van der Waals surface area contributed by atoms with Crippen LogP contribution in [0.25, 0.3) is 10.8 Å².